The van der Waals surface area contributed by atoms with Gasteiger partial charge < -0.3 is 15.2 Å². The van der Waals surface area contributed by atoms with E-state index >= 15 is 0 Å². The maximum absolute atomic E-state index is 9.20. The smallest absolute Gasteiger partial charge is 0.115 e. The number of aromatic hydroxyl groups is 1. The van der Waals surface area contributed by atoms with Crippen molar-refractivity contribution in [1.29, 1.82) is 0 Å². The number of phenolic OH excluding ortho intramolecular Hbond substituents is 1. The van der Waals surface area contributed by atoms with Crippen molar-refractivity contribution in [3.63, 3.8) is 0 Å². The highest BCUT2D eigenvalue weighted by molar-refractivity contribution is 5.25. The normalized spacial score (nSPS) is 19.1. The van der Waals surface area contributed by atoms with Crippen molar-refractivity contribution in [2.24, 2.45) is 5.92 Å². The van der Waals surface area contributed by atoms with Crippen LogP contribution in [0.5, 0.6) is 5.75 Å². The number of nitrogens with one attached hydrogen (secondary N) is 1. The van der Waals surface area contributed by atoms with E-state index in [4.69, 9.17) is 4.74 Å². The van der Waals surface area contributed by atoms with Gasteiger partial charge in [-0.15, -0.1) is 0 Å². The van der Waals surface area contributed by atoms with Crippen LogP contribution in [0.15, 0.2) is 24.3 Å². The standard InChI is InChI=1S/C14H21NO2/c1-11(13-6-8-17-9-7-13)15-10-12-2-4-14(16)5-3-12/h2-5,11,13,15-16H,6-10H2,1H3. The minimum Gasteiger partial charge on any atom is -0.508 e. The van der Waals surface area contributed by atoms with Crippen molar-refractivity contribution >= 4 is 0 Å². The molecule has 1 aromatic rings. The maximum atomic E-state index is 9.20. The fourth-order valence-corrected chi connectivity index (χ4v) is 2.28. The van der Waals surface area contributed by atoms with Gasteiger partial charge in [0.05, 0.1) is 0 Å². The molecule has 0 bridgehead atoms. The molecule has 1 unspecified atom stereocenters. The van der Waals surface area contributed by atoms with Crippen molar-refractivity contribution in [2.45, 2.75) is 32.4 Å². The summed E-state index contributed by atoms with van der Waals surface area (Å²) in [6, 6.07) is 7.90. The summed E-state index contributed by atoms with van der Waals surface area (Å²) in [6.45, 7) is 4.90. The molecule has 94 valence electrons. The molecule has 0 radical (unpaired) electrons. The topological polar surface area (TPSA) is 41.5 Å². The Morgan fingerprint density at radius 3 is 2.59 bits per heavy atom. The van der Waals surface area contributed by atoms with Crippen LogP contribution in [0.3, 0.4) is 0 Å². The van der Waals surface area contributed by atoms with Crippen LogP contribution in [-0.2, 0) is 11.3 Å². The second-order valence-electron chi connectivity index (χ2n) is 4.79. The molecule has 17 heavy (non-hydrogen) atoms. The Morgan fingerprint density at radius 2 is 1.94 bits per heavy atom. The minimum absolute atomic E-state index is 0.325. The second kappa shape index (κ2) is 6.03. The molecule has 1 aliphatic rings. The van der Waals surface area contributed by atoms with E-state index in [2.05, 4.69) is 12.2 Å². The summed E-state index contributed by atoms with van der Waals surface area (Å²) in [5.74, 6) is 1.05. The SMILES string of the molecule is CC(NCc1ccc(O)cc1)C1CCOCC1. The predicted octanol–water partition coefficient (Wildman–Crippen LogP) is 2.30. The zero-order valence-electron chi connectivity index (χ0n) is 10.4. The molecule has 1 saturated heterocycles. The predicted molar refractivity (Wildman–Crippen MR) is 68.0 cm³/mol. The van der Waals surface area contributed by atoms with Crippen LogP contribution in [0.4, 0.5) is 0 Å². The number of hydrogen-bond donors (Lipinski definition) is 2. The van der Waals surface area contributed by atoms with E-state index in [0.29, 0.717) is 11.8 Å². The molecule has 0 aromatic heterocycles. The van der Waals surface area contributed by atoms with Gasteiger partial charge in [0.15, 0.2) is 0 Å². The second-order valence-corrected chi connectivity index (χ2v) is 4.79. The Hall–Kier alpha value is -1.06. The van der Waals surface area contributed by atoms with E-state index in [1.54, 1.807) is 12.1 Å². The third-order valence-electron chi connectivity index (χ3n) is 3.54. The molecule has 2 N–H and O–H groups in total. The third kappa shape index (κ3) is 3.72. The number of rotatable bonds is 4. The molecule has 0 aliphatic carbocycles. The summed E-state index contributed by atoms with van der Waals surface area (Å²) in [5, 5.41) is 12.8. The zero-order valence-corrected chi connectivity index (χ0v) is 10.4. The first-order chi connectivity index (χ1) is 8.25. The average molecular weight is 235 g/mol. The van der Waals surface area contributed by atoms with E-state index in [9.17, 15) is 5.11 Å². The number of ether oxygens (including phenoxy) is 1. The number of benzene rings is 1. The van der Waals surface area contributed by atoms with E-state index in [-0.39, 0.29) is 0 Å². The van der Waals surface area contributed by atoms with Gasteiger partial charge in [-0.05, 0) is 43.4 Å². The summed E-state index contributed by atoms with van der Waals surface area (Å²) in [4.78, 5) is 0. The highest BCUT2D eigenvalue weighted by atomic mass is 16.5. The average Bonchev–Trinajstić information content (AvgIpc) is 2.39. The Kier molecular flexibility index (Phi) is 4.40. The molecule has 1 fully saturated rings. The highest BCUT2D eigenvalue weighted by Crippen LogP contribution is 2.19. The summed E-state index contributed by atoms with van der Waals surface area (Å²) in [6.07, 6.45) is 2.31. The van der Waals surface area contributed by atoms with Gasteiger partial charge in [-0.3, -0.25) is 0 Å². The molecule has 3 nitrogen and oxygen atoms in total. The van der Waals surface area contributed by atoms with E-state index in [0.717, 1.165) is 38.5 Å². The largest absolute Gasteiger partial charge is 0.508 e. The number of hydrogen-bond acceptors (Lipinski definition) is 3. The fourth-order valence-electron chi connectivity index (χ4n) is 2.28. The van der Waals surface area contributed by atoms with Crippen LogP contribution in [0, 0.1) is 5.92 Å². The van der Waals surface area contributed by atoms with Gasteiger partial charge in [-0.1, -0.05) is 12.1 Å². The molecule has 0 saturated carbocycles. The van der Waals surface area contributed by atoms with Gasteiger partial charge in [-0.25, -0.2) is 0 Å². The molecule has 2 rings (SSSR count). The molecule has 0 amide bonds. The van der Waals surface area contributed by atoms with E-state index < -0.39 is 0 Å². The summed E-state index contributed by atoms with van der Waals surface area (Å²) in [7, 11) is 0. The lowest BCUT2D eigenvalue weighted by Crippen LogP contribution is -2.36. The van der Waals surface area contributed by atoms with Crippen LogP contribution in [0.25, 0.3) is 0 Å². The van der Waals surface area contributed by atoms with Crippen LogP contribution >= 0.6 is 0 Å². The molecule has 1 atom stereocenters. The molecule has 1 aliphatic heterocycles. The van der Waals surface area contributed by atoms with Crippen LogP contribution in [0.2, 0.25) is 0 Å². The molecule has 1 heterocycles. The van der Waals surface area contributed by atoms with E-state index in [1.807, 2.05) is 12.1 Å². The van der Waals surface area contributed by atoms with Crippen molar-refractivity contribution in [3.8, 4) is 5.75 Å². The third-order valence-corrected chi connectivity index (χ3v) is 3.54. The van der Waals surface area contributed by atoms with Crippen molar-refractivity contribution in [1.82, 2.24) is 5.32 Å². The first-order valence-corrected chi connectivity index (χ1v) is 6.35. The lowest BCUT2D eigenvalue weighted by molar-refractivity contribution is 0.0558. The maximum Gasteiger partial charge on any atom is 0.115 e. The van der Waals surface area contributed by atoms with Gasteiger partial charge in [0.1, 0.15) is 5.75 Å². The van der Waals surface area contributed by atoms with Crippen molar-refractivity contribution in [3.05, 3.63) is 29.8 Å². The minimum atomic E-state index is 0.325. The van der Waals surface area contributed by atoms with Gasteiger partial charge >= 0.3 is 0 Å². The van der Waals surface area contributed by atoms with Crippen LogP contribution in [0.1, 0.15) is 25.3 Å². The van der Waals surface area contributed by atoms with Crippen molar-refractivity contribution in [2.75, 3.05) is 13.2 Å². The summed E-state index contributed by atoms with van der Waals surface area (Å²) in [5.41, 5.74) is 1.21. The lowest BCUT2D eigenvalue weighted by Gasteiger charge is -2.28. The summed E-state index contributed by atoms with van der Waals surface area (Å²) < 4.78 is 5.37. The summed E-state index contributed by atoms with van der Waals surface area (Å²) >= 11 is 0. The fraction of sp³-hybridized carbons (Fsp3) is 0.571. The first kappa shape index (κ1) is 12.4. The first-order valence-electron chi connectivity index (χ1n) is 6.35. The van der Waals surface area contributed by atoms with Crippen LogP contribution < -0.4 is 5.32 Å². The Bertz CT molecular complexity index is 331. The van der Waals surface area contributed by atoms with Gasteiger partial charge in [0.2, 0.25) is 0 Å². The van der Waals surface area contributed by atoms with Gasteiger partial charge in [0, 0.05) is 25.8 Å². The Balaban J connectivity index is 1.78. The zero-order chi connectivity index (χ0) is 12.1. The molecule has 3 heteroatoms. The molecular formula is C14H21NO2. The van der Waals surface area contributed by atoms with Gasteiger partial charge in [-0.2, -0.15) is 0 Å². The van der Waals surface area contributed by atoms with Gasteiger partial charge in [0.25, 0.3) is 0 Å². The molecule has 0 spiro atoms. The molecular weight excluding hydrogens is 214 g/mol. The Morgan fingerprint density at radius 1 is 1.29 bits per heavy atom. The van der Waals surface area contributed by atoms with Crippen molar-refractivity contribution < 1.29 is 9.84 Å². The molecule has 1 aromatic carbocycles. The quantitative estimate of drug-likeness (QED) is 0.841. The van der Waals surface area contributed by atoms with E-state index in [1.165, 1.54) is 5.56 Å². The lowest BCUT2D eigenvalue weighted by atomic mass is 9.93. The van der Waals surface area contributed by atoms with Crippen LogP contribution in [-0.4, -0.2) is 24.4 Å². The Labute approximate surface area is 103 Å². The monoisotopic (exact) mass is 235 g/mol. The highest BCUT2D eigenvalue weighted by Gasteiger charge is 2.19. The number of phenols is 1.